The standard InChI is InChI=1S/C24H27N3O5/c1-27-12-15(13-27)25-23(30)21(10-11-22(28)29)26-24(31)32-14-20-18-8-4-2-6-16(18)17-7-3-5-9-19(17)20/h2-9,15,20-21H,10-14H2,1H3,(H,25,30)(H,26,31)(H,28,29). The van der Waals surface area contributed by atoms with Gasteiger partial charge in [-0.2, -0.15) is 0 Å². The third kappa shape index (κ3) is 4.75. The van der Waals surface area contributed by atoms with Gasteiger partial charge in [-0.15, -0.1) is 0 Å². The molecule has 1 saturated heterocycles. The maximum atomic E-state index is 12.6. The molecule has 0 saturated carbocycles. The lowest BCUT2D eigenvalue weighted by atomic mass is 9.98. The predicted molar refractivity (Wildman–Crippen MR) is 118 cm³/mol. The number of nitrogens with one attached hydrogen (secondary N) is 2. The van der Waals surface area contributed by atoms with Crippen LogP contribution in [-0.2, 0) is 14.3 Å². The number of alkyl carbamates (subject to hydrolysis) is 1. The first-order chi connectivity index (χ1) is 15.4. The number of amides is 2. The van der Waals surface area contributed by atoms with Gasteiger partial charge in [0.1, 0.15) is 12.6 Å². The van der Waals surface area contributed by atoms with Crippen LogP contribution in [0.5, 0.6) is 0 Å². The quantitative estimate of drug-likeness (QED) is 0.584. The maximum Gasteiger partial charge on any atom is 0.407 e. The van der Waals surface area contributed by atoms with Crippen LogP contribution < -0.4 is 10.6 Å². The molecular weight excluding hydrogens is 410 g/mol. The smallest absolute Gasteiger partial charge is 0.407 e. The lowest BCUT2D eigenvalue weighted by molar-refractivity contribution is -0.137. The van der Waals surface area contributed by atoms with Crippen LogP contribution in [0.25, 0.3) is 11.1 Å². The summed E-state index contributed by atoms with van der Waals surface area (Å²) in [6.07, 6.45) is -0.969. The van der Waals surface area contributed by atoms with Gasteiger partial charge in [0.15, 0.2) is 0 Å². The summed E-state index contributed by atoms with van der Waals surface area (Å²) < 4.78 is 5.50. The van der Waals surface area contributed by atoms with E-state index >= 15 is 0 Å². The van der Waals surface area contributed by atoms with Crippen molar-refractivity contribution in [3.8, 4) is 11.1 Å². The van der Waals surface area contributed by atoms with E-state index in [0.717, 1.165) is 35.3 Å². The lowest BCUT2D eigenvalue weighted by Gasteiger charge is -2.37. The van der Waals surface area contributed by atoms with Crippen molar-refractivity contribution in [1.82, 2.24) is 15.5 Å². The molecule has 1 heterocycles. The third-order valence-electron chi connectivity index (χ3n) is 6.01. The first-order valence-electron chi connectivity index (χ1n) is 10.7. The summed E-state index contributed by atoms with van der Waals surface area (Å²) in [6, 6.07) is 15.1. The summed E-state index contributed by atoms with van der Waals surface area (Å²) in [5.41, 5.74) is 4.44. The lowest BCUT2D eigenvalue weighted by Crippen LogP contribution is -2.60. The number of carboxylic acid groups (broad SMARTS) is 1. The number of carbonyl (C=O) groups excluding carboxylic acids is 2. The Balaban J connectivity index is 1.38. The van der Waals surface area contributed by atoms with Gasteiger partial charge in [0, 0.05) is 25.4 Å². The minimum atomic E-state index is -1.03. The number of likely N-dealkylation sites (N-methyl/N-ethyl adjacent to an activating group) is 1. The number of rotatable bonds is 8. The van der Waals surface area contributed by atoms with Crippen LogP contribution in [0, 0.1) is 0 Å². The van der Waals surface area contributed by atoms with E-state index in [9.17, 15) is 14.4 Å². The molecule has 0 bridgehead atoms. The van der Waals surface area contributed by atoms with Gasteiger partial charge >= 0.3 is 12.1 Å². The molecule has 1 fully saturated rings. The number of ether oxygens (including phenoxy) is 1. The number of aliphatic carboxylic acids is 1. The molecule has 2 aromatic carbocycles. The Morgan fingerprint density at radius 1 is 1.06 bits per heavy atom. The van der Waals surface area contributed by atoms with Gasteiger partial charge in [0.2, 0.25) is 5.91 Å². The van der Waals surface area contributed by atoms with Crippen molar-refractivity contribution in [2.45, 2.75) is 30.8 Å². The molecule has 0 radical (unpaired) electrons. The number of likely N-dealkylation sites (tertiary alicyclic amines) is 1. The number of carbonyl (C=O) groups is 3. The topological polar surface area (TPSA) is 108 Å². The molecule has 8 nitrogen and oxygen atoms in total. The fourth-order valence-electron chi connectivity index (χ4n) is 4.41. The summed E-state index contributed by atoms with van der Waals surface area (Å²) in [4.78, 5) is 38.2. The molecule has 1 aliphatic heterocycles. The van der Waals surface area contributed by atoms with Gasteiger partial charge in [-0.1, -0.05) is 48.5 Å². The second kappa shape index (κ2) is 9.40. The van der Waals surface area contributed by atoms with E-state index in [4.69, 9.17) is 9.84 Å². The second-order valence-corrected chi connectivity index (χ2v) is 8.38. The monoisotopic (exact) mass is 437 g/mol. The summed E-state index contributed by atoms with van der Waals surface area (Å²) >= 11 is 0. The Labute approximate surface area is 186 Å². The van der Waals surface area contributed by atoms with Gasteiger partial charge in [-0.25, -0.2) is 4.79 Å². The summed E-state index contributed by atoms with van der Waals surface area (Å²) in [5, 5.41) is 14.4. The molecule has 1 unspecified atom stereocenters. The summed E-state index contributed by atoms with van der Waals surface area (Å²) in [7, 11) is 1.94. The second-order valence-electron chi connectivity index (χ2n) is 8.38. The predicted octanol–water partition coefficient (Wildman–Crippen LogP) is 2.19. The first-order valence-corrected chi connectivity index (χ1v) is 10.7. The fraction of sp³-hybridized carbons (Fsp3) is 0.375. The van der Waals surface area contributed by atoms with E-state index in [0.29, 0.717) is 0 Å². The third-order valence-corrected chi connectivity index (χ3v) is 6.01. The molecule has 1 aliphatic carbocycles. The van der Waals surface area contributed by atoms with E-state index in [1.807, 2.05) is 43.4 Å². The van der Waals surface area contributed by atoms with E-state index in [2.05, 4.69) is 27.7 Å². The van der Waals surface area contributed by atoms with Crippen molar-refractivity contribution in [3.63, 3.8) is 0 Å². The van der Waals surface area contributed by atoms with Crippen LogP contribution in [-0.4, -0.2) is 66.8 Å². The average molecular weight is 437 g/mol. The minimum absolute atomic E-state index is 0.00383. The number of benzene rings is 2. The summed E-state index contributed by atoms with van der Waals surface area (Å²) in [5.74, 6) is -1.51. The number of hydrogen-bond acceptors (Lipinski definition) is 5. The molecule has 4 rings (SSSR count). The highest BCUT2D eigenvalue weighted by Gasteiger charge is 2.31. The molecule has 0 spiro atoms. The van der Waals surface area contributed by atoms with E-state index in [1.54, 1.807) is 0 Å². The molecule has 32 heavy (non-hydrogen) atoms. The van der Waals surface area contributed by atoms with Crippen LogP contribution >= 0.6 is 0 Å². The maximum absolute atomic E-state index is 12.6. The Morgan fingerprint density at radius 2 is 1.66 bits per heavy atom. The zero-order valence-electron chi connectivity index (χ0n) is 17.9. The molecule has 8 heteroatoms. The average Bonchev–Trinajstić information content (AvgIpc) is 3.07. The molecule has 3 N–H and O–H groups in total. The zero-order valence-corrected chi connectivity index (χ0v) is 17.9. The number of fused-ring (bicyclic) bond motifs is 3. The van der Waals surface area contributed by atoms with Crippen molar-refractivity contribution < 1.29 is 24.2 Å². The van der Waals surface area contributed by atoms with Gasteiger partial charge in [0.05, 0.1) is 6.04 Å². The summed E-state index contributed by atoms with van der Waals surface area (Å²) in [6.45, 7) is 1.57. The molecular formula is C24H27N3O5. The van der Waals surface area contributed by atoms with Gasteiger partial charge in [-0.3, -0.25) is 9.59 Å². The van der Waals surface area contributed by atoms with Crippen LogP contribution in [0.4, 0.5) is 4.79 Å². The largest absolute Gasteiger partial charge is 0.481 e. The number of nitrogens with zero attached hydrogens (tertiary/aromatic N) is 1. The Morgan fingerprint density at radius 3 is 2.22 bits per heavy atom. The van der Waals surface area contributed by atoms with Crippen LogP contribution in [0.1, 0.15) is 29.9 Å². The Hall–Kier alpha value is -3.39. The van der Waals surface area contributed by atoms with Crippen molar-refractivity contribution in [2.24, 2.45) is 0 Å². The molecule has 1 atom stereocenters. The number of hydrogen-bond donors (Lipinski definition) is 3. The van der Waals surface area contributed by atoms with Gasteiger partial charge in [-0.05, 0) is 35.7 Å². The van der Waals surface area contributed by atoms with Gasteiger partial charge < -0.3 is 25.4 Å². The zero-order chi connectivity index (χ0) is 22.7. The van der Waals surface area contributed by atoms with Crippen molar-refractivity contribution >= 4 is 18.0 Å². The van der Waals surface area contributed by atoms with Gasteiger partial charge in [0.25, 0.3) is 0 Å². The van der Waals surface area contributed by atoms with E-state index in [1.165, 1.54) is 0 Å². The SMILES string of the molecule is CN1CC(NC(=O)C(CCC(=O)O)NC(=O)OCC2c3ccccc3-c3ccccc32)C1. The number of carboxylic acids is 1. The van der Waals surface area contributed by atoms with E-state index in [-0.39, 0.29) is 31.4 Å². The fourth-order valence-corrected chi connectivity index (χ4v) is 4.41. The molecule has 0 aromatic heterocycles. The van der Waals surface area contributed by atoms with Crippen molar-refractivity contribution in [1.29, 1.82) is 0 Å². The highest BCUT2D eigenvalue weighted by Crippen LogP contribution is 2.44. The normalized spacial score (nSPS) is 16.4. The van der Waals surface area contributed by atoms with Crippen molar-refractivity contribution in [3.05, 3.63) is 59.7 Å². The van der Waals surface area contributed by atoms with E-state index < -0.39 is 24.0 Å². The van der Waals surface area contributed by atoms with Crippen LogP contribution in [0.2, 0.25) is 0 Å². The molecule has 168 valence electrons. The Bertz CT molecular complexity index is 973. The molecule has 2 amide bonds. The van der Waals surface area contributed by atoms with Crippen LogP contribution in [0.15, 0.2) is 48.5 Å². The molecule has 2 aromatic rings. The minimum Gasteiger partial charge on any atom is -0.481 e. The highest BCUT2D eigenvalue weighted by molar-refractivity contribution is 5.86. The first kappa shape index (κ1) is 21.8. The molecule has 2 aliphatic rings. The Kier molecular flexibility index (Phi) is 6.41. The van der Waals surface area contributed by atoms with Crippen LogP contribution in [0.3, 0.4) is 0 Å². The van der Waals surface area contributed by atoms with Crippen molar-refractivity contribution in [2.75, 3.05) is 26.7 Å². The highest BCUT2D eigenvalue weighted by atomic mass is 16.5.